The maximum atomic E-state index is 5.94. The standard InChI is InChI=1S/C12H18ClN3/c1-8-3-4-9(2)16(7-8)12-6-10(14)5-11(13)15-12/h5-6,8-9H,3-4,7H2,1-2H3,(H2,14,15). The summed E-state index contributed by atoms with van der Waals surface area (Å²) in [7, 11) is 0. The highest BCUT2D eigenvalue weighted by molar-refractivity contribution is 6.29. The van der Waals surface area contributed by atoms with Crippen molar-refractivity contribution in [2.75, 3.05) is 17.2 Å². The average Bonchev–Trinajstić information content (AvgIpc) is 2.20. The number of hydrogen-bond acceptors (Lipinski definition) is 3. The molecule has 88 valence electrons. The van der Waals surface area contributed by atoms with Crippen molar-refractivity contribution in [3.05, 3.63) is 17.3 Å². The zero-order valence-corrected chi connectivity index (χ0v) is 10.5. The first-order valence-corrected chi connectivity index (χ1v) is 6.14. The molecule has 4 heteroatoms. The topological polar surface area (TPSA) is 42.1 Å². The van der Waals surface area contributed by atoms with E-state index in [-0.39, 0.29) is 0 Å². The number of halogens is 1. The van der Waals surface area contributed by atoms with Crippen LogP contribution in [-0.4, -0.2) is 17.6 Å². The second-order valence-corrected chi connectivity index (χ2v) is 5.15. The summed E-state index contributed by atoms with van der Waals surface area (Å²) < 4.78 is 0. The molecule has 16 heavy (non-hydrogen) atoms. The number of pyridine rings is 1. The lowest BCUT2D eigenvalue weighted by Crippen LogP contribution is -2.41. The number of anilines is 2. The Morgan fingerprint density at radius 1 is 1.38 bits per heavy atom. The van der Waals surface area contributed by atoms with Gasteiger partial charge < -0.3 is 10.6 Å². The van der Waals surface area contributed by atoms with Gasteiger partial charge in [-0.25, -0.2) is 4.98 Å². The van der Waals surface area contributed by atoms with E-state index < -0.39 is 0 Å². The van der Waals surface area contributed by atoms with Crippen LogP contribution in [0.4, 0.5) is 11.5 Å². The van der Waals surface area contributed by atoms with Crippen LogP contribution in [0.2, 0.25) is 5.15 Å². The third-order valence-electron chi connectivity index (χ3n) is 3.21. The van der Waals surface area contributed by atoms with Crippen molar-refractivity contribution in [3.8, 4) is 0 Å². The van der Waals surface area contributed by atoms with Gasteiger partial charge in [0.15, 0.2) is 0 Å². The summed E-state index contributed by atoms with van der Waals surface area (Å²) in [6.07, 6.45) is 2.49. The first-order valence-electron chi connectivity index (χ1n) is 5.76. The molecule has 0 bridgehead atoms. The van der Waals surface area contributed by atoms with E-state index in [1.165, 1.54) is 12.8 Å². The normalized spacial score (nSPS) is 25.8. The fourth-order valence-electron chi connectivity index (χ4n) is 2.26. The monoisotopic (exact) mass is 239 g/mol. The molecular formula is C12H18ClN3. The van der Waals surface area contributed by atoms with Crippen LogP contribution in [0.3, 0.4) is 0 Å². The second kappa shape index (κ2) is 4.50. The highest BCUT2D eigenvalue weighted by Crippen LogP contribution is 2.28. The Morgan fingerprint density at radius 3 is 2.81 bits per heavy atom. The van der Waals surface area contributed by atoms with Crippen LogP contribution >= 0.6 is 11.6 Å². The van der Waals surface area contributed by atoms with Gasteiger partial charge in [-0.15, -0.1) is 0 Å². The molecule has 0 saturated carbocycles. The Bertz CT molecular complexity index is 360. The zero-order valence-electron chi connectivity index (χ0n) is 9.78. The lowest BCUT2D eigenvalue weighted by Gasteiger charge is -2.37. The smallest absolute Gasteiger partial charge is 0.133 e. The van der Waals surface area contributed by atoms with Crippen molar-refractivity contribution in [2.45, 2.75) is 32.7 Å². The molecule has 1 aromatic heterocycles. The fraction of sp³-hybridized carbons (Fsp3) is 0.583. The molecule has 0 spiro atoms. The fourth-order valence-corrected chi connectivity index (χ4v) is 2.47. The maximum Gasteiger partial charge on any atom is 0.133 e. The molecule has 1 aliphatic rings. The molecule has 2 atom stereocenters. The molecule has 1 aliphatic heterocycles. The molecule has 3 nitrogen and oxygen atoms in total. The van der Waals surface area contributed by atoms with Gasteiger partial charge in [-0.05, 0) is 31.7 Å². The van der Waals surface area contributed by atoms with Crippen LogP contribution < -0.4 is 10.6 Å². The summed E-state index contributed by atoms with van der Waals surface area (Å²) in [5, 5.41) is 0.473. The van der Waals surface area contributed by atoms with Gasteiger partial charge in [-0.2, -0.15) is 0 Å². The average molecular weight is 240 g/mol. The Morgan fingerprint density at radius 2 is 2.12 bits per heavy atom. The van der Waals surface area contributed by atoms with Crippen LogP contribution in [0.1, 0.15) is 26.7 Å². The van der Waals surface area contributed by atoms with Crippen molar-refractivity contribution in [3.63, 3.8) is 0 Å². The van der Waals surface area contributed by atoms with E-state index in [1.807, 2.05) is 6.07 Å². The number of nitrogen functional groups attached to an aromatic ring is 1. The van der Waals surface area contributed by atoms with Gasteiger partial charge >= 0.3 is 0 Å². The minimum absolute atomic E-state index is 0.473. The van der Waals surface area contributed by atoms with Crippen LogP contribution in [-0.2, 0) is 0 Å². The molecule has 2 N–H and O–H groups in total. The number of rotatable bonds is 1. The Kier molecular flexibility index (Phi) is 3.24. The maximum absolute atomic E-state index is 5.94. The third kappa shape index (κ3) is 2.40. The van der Waals surface area contributed by atoms with Crippen molar-refractivity contribution in [2.24, 2.45) is 5.92 Å². The van der Waals surface area contributed by atoms with Gasteiger partial charge in [0, 0.05) is 24.3 Å². The van der Waals surface area contributed by atoms with Crippen LogP contribution in [0.5, 0.6) is 0 Å². The SMILES string of the molecule is CC1CCC(C)N(c2cc(N)cc(Cl)n2)C1. The number of aromatic nitrogens is 1. The van der Waals surface area contributed by atoms with Gasteiger partial charge in [0.05, 0.1) is 0 Å². The lowest BCUT2D eigenvalue weighted by molar-refractivity contribution is 0.388. The van der Waals surface area contributed by atoms with E-state index in [9.17, 15) is 0 Å². The Hall–Kier alpha value is -0.960. The van der Waals surface area contributed by atoms with E-state index >= 15 is 0 Å². The molecule has 1 aromatic rings. The Balaban J connectivity index is 2.27. The predicted octanol–water partition coefficient (Wildman–Crippen LogP) is 2.94. The van der Waals surface area contributed by atoms with Crippen molar-refractivity contribution in [1.29, 1.82) is 0 Å². The molecule has 2 heterocycles. The largest absolute Gasteiger partial charge is 0.399 e. The molecular weight excluding hydrogens is 222 g/mol. The van der Waals surface area contributed by atoms with Crippen molar-refractivity contribution < 1.29 is 0 Å². The highest BCUT2D eigenvalue weighted by atomic mass is 35.5. The molecule has 1 saturated heterocycles. The van der Waals surface area contributed by atoms with Crippen LogP contribution in [0, 0.1) is 5.92 Å². The molecule has 0 radical (unpaired) electrons. The Labute approximate surface area is 102 Å². The minimum atomic E-state index is 0.473. The quantitative estimate of drug-likeness (QED) is 0.767. The predicted molar refractivity (Wildman–Crippen MR) is 68.9 cm³/mol. The third-order valence-corrected chi connectivity index (χ3v) is 3.41. The van der Waals surface area contributed by atoms with Crippen LogP contribution in [0.25, 0.3) is 0 Å². The summed E-state index contributed by atoms with van der Waals surface area (Å²) in [6.45, 7) is 5.53. The summed E-state index contributed by atoms with van der Waals surface area (Å²) in [6, 6.07) is 4.10. The first-order chi connectivity index (χ1) is 7.56. The lowest BCUT2D eigenvalue weighted by atomic mass is 9.95. The zero-order chi connectivity index (χ0) is 11.7. The minimum Gasteiger partial charge on any atom is -0.399 e. The first kappa shape index (κ1) is 11.5. The van der Waals surface area contributed by atoms with E-state index in [2.05, 4.69) is 23.7 Å². The highest BCUT2D eigenvalue weighted by Gasteiger charge is 2.24. The molecule has 1 fully saturated rings. The van der Waals surface area contributed by atoms with Crippen molar-refractivity contribution >= 4 is 23.1 Å². The van der Waals surface area contributed by atoms with Gasteiger partial charge in [0.25, 0.3) is 0 Å². The van der Waals surface area contributed by atoms with Gasteiger partial charge in [0.1, 0.15) is 11.0 Å². The van der Waals surface area contributed by atoms with Gasteiger partial charge in [0.2, 0.25) is 0 Å². The van der Waals surface area contributed by atoms with E-state index in [4.69, 9.17) is 17.3 Å². The number of nitrogens with zero attached hydrogens (tertiary/aromatic N) is 2. The number of hydrogen-bond donors (Lipinski definition) is 1. The summed E-state index contributed by atoms with van der Waals surface area (Å²) in [5.74, 6) is 1.61. The van der Waals surface area contributed by atoms with Crippen molar-refractivity contribution in [1.82, 2.24) is 4.98 Å². The molecule has 0 aromatic carbocycles. The van der Waals surface area contributed by atoms with Gasteiger partial charge in [-0.1, -0.05) is 18.5 Å². The van der Waals surface area contributed by atoms with Crippen LogP contribution in [0.15, 0.2) is 12.1 Å². The molecule has 0 amide bonds. The summed E-state index contributed by atoms with van der Waals surface area (Å²) in [5.41, 5.74) is 6.48. The van der Waals surface area contributed by atoms with E-state index in [0.29, 0.717) is 22.8 Å². The molecule has 2 rings (SSSR count). The summed E-state index contributed by atoms with van der Waals surface area (Å²) in [4.78, 5) is 6.66. The van der Waals surface area contributed by atoms with E-state index in [1.54, 1.807) is 6.07 Å². The number of nitrogens with two attached hydrogens (primary N) is 1. The summed E-state index contributed by atoms with van der Waals surface area (Å²) >= 11 is 5.94. The van der Waals surface area contributed by atoms with E-state index in [0.717, 1.165) is 12.4 Å². The molecule has 2 unspecified atom stereocenters. The molecule has 0 aliphatic carbocycles. The van der Waals surface area contributed by atoms with Gasteiger partial charge in [-0.3, -0.25) is 0 Å². The number of piperidine rings is 1. The second-order valence-electron chi connectivity index (χ2n) is 4.77.